The lowest BCUT2D eigenvalue weighted by Gasteiger charge is -2.29. The van der Waals surface area contributed by atoms with E-state index in [0.29, 0.717) is 0 Å². The van der Waals surface area contributed by atoms with E-state index in [2.05, 4.69) is 39.5 Å². The number of nitrogens with one attached hydrogen (secondary N) is 1. The highest BCUT2D eigenvalue weighted by Crippen LogP contribution is 2.27. The maximum atomic E-state index is 4.52. The summed E-state index contributed by atoms with van der Waals surface area (Å²) in [6.07, 6.45) is 5.47. The summed E-state index contributed by atoms with van der Waals surface area (Å²) in [7, 11) is 3.93. The Morgan fingerprint density at radius 2 is 2.33 bits per heavy atom. The SMILES string of the molecule is CN=C(NCC1CCCC(C)C1)N(C)Cc1csc(C)n1. The third-order valence-corrected chi connectivity index (χ3v) is 5.06. The molecule has 0 saturated heterocycles. The van der Waals surface area contributed by atoms with E-state index < -0.39 is 0 Å². The minimum Gasteiger partial charge on any atom is -0.356 e. The Bertz CT molecular complexity index is 469. The van der Waals surface area contributed by atoms with Crippen LogP contribution in [0.5, 0.6) is 0 Å². The van der Waals surface area contributed by atoms with Crippen LogP contribution in [-0.2, 0) is 6.54 Å². The van der Waals surface area contributed by atoms with Gasteiger partial charge in [-0.3, -0.25) is 4.99 Å². The van der Waals surface area contributed by atoms with Crippen molar-refractivity contribution in [2.45, 2.75) is 46.1 Å². The van der Waals surface area contributed by atoms with Crippen LogP contribution < -0.4 is 5.32 Å². The summed E-state index contributed by atoms with van der Waals surface area (Å²) < 4.78 is 0. The van der Waals surface area contributed by atoms with Crippen LogP contribution in [0.4, 0.5) is 0 Å². The van der Waals surface area contributed by atoms with Crippen LogP contribution >= 0.6 is 11.3 Å². The van der Waals surface area contributed by atoms with Crippen LogP contribution in [0.1, 0.15) is 43.3 Å². The predicted octanol–water partition coefficient (Wildman–Crippen LogP) is 3.29. The summed E-state index contributed by atoms with van der Waals surface area (Å²) in [4.78, 5) is 11.1. The number of hydrogen-bond acceptors (Lipinski definition) is 3. The van der Waals surface area contributed by atoms with E-state index in [1.807, 2.05) is 14.0 Å². The zero-order valence-corrected chi connectivity index (χ0v) is 14.5. The van der Waals surface area contributed by atoms with Gasteiger partial charge in [0.1, 0.15) is 0 Å². The summed E-state index contributed by atoms with van der Waals surface area (Å²) in [5.41, 5.74) is 1.12. The quantitative estimate of drug-likeness (QED) is 0.685. The van der Waals surface area contributed by atoms with Gasteiger partial charge >= 0.3 is 0 Å². The van der Waals surface area contributed by atoms with Crippen molar-refractivity contribution in [3.8, 4) is 0 Å². The lowest BCUT2D eigenvalue weighted by molar-refractivity contribution is 0.280. The molecule has 1 aliphatic carbocycles. The number of nitrogens with zero attached hydrogens (tertiary/aromatic N) is 3. The molecule has 1 aromatic rings. The second-order valence-corrected chi connectivity index (χ2v) is 7.34. The molecular formula is C16H28N4S. The predicted molar refractivity (Wildman–Crippen MR) is 90.8 cm³/mol. The number of aliphatic imine (C=N–C) groups is 1. The summed E-state index contributed by atoms with van der Waals surface area (Å²) in [6.45, 7) is 6.27. The van der Waals surface area contributed by atoms with Crippen LogP contribution in [0.15, 0.2) is 10.4 Å². The van der Waals surface area contributed by atoms with E-state index in [0.717, 1.165) is 41.6 Å². The number of aryl methyl sites for hydroxylation is 1. The first-order chi connectivity index (χ1) is 10.1. The third kappa shape index (κ3) is 4.99. The van der Waals surface area contributed by atoms with Crippen molar-refractivity contribution in [2.75, 3.05) is 20.6 Å². The molecule has 1 heterocycles. The first-order valence-corrected chi connectivity index (χ1v) is 8.79. The molecule has 1 aliphatic rings. The van der Waals surface area contributed by atoms with Crippen LogP contribution in [0.3, 0.4) is 0 Å². The smallest absolute Gasteiger partial charge is 0.193 e. The van der Waals surface area contributed by atoms with Crippen molar-refractivity contribution in [1.82, 2.24) is 15.2 Å². The van der Waals surface area contributed by atoms with Gasteiger partial charge in [0.05, 0.1) is 17.2 Å². The van der Waals surface area contributed by atoms with Gasteiger partial charge in [0, 0.05) is 26.0 Å². The lowest BCUT2D eigenvalue weighted by Crippen LogP contribution is -2.41. The van der Waals surface area contributed by atoms with Gasteiger partial charge in [-0.2, -0.15) is 0 Å². The highest BCUT2D eigenvalue weighted by atomic mass is 32.1. The van der Waals surface area contributed by atoms with Gasteiger partial charge in [-0.15, -0.1) is 11.3 Å². The van der Waals surface area contributed by atoms with E-state index >= 15 is 0 Å². The Kier molecular flexibility index (Phi) is 6.03. The van der Waals surface area contributed by atoms with Crippen LogP contribution in [-0.4, -0.2) is 36.5 Å². The largest absolute Gasteiger partial charge is 0.356 e. The number of thiazole rings is 1. The molecule has 0 aromatic carbocycles. The maximum Gasteiger partial charge on any atom is 0.193 e. The van der Waals surface area contributed by atoms with Crippen molar-refractivity contribution < 1.29 is 0 Å². The average molecular weight is 308 g/mol. The number of hydrogen-bond donors (Lipinski definition) is 1. The minimum absolute atomic E-state index is 0.792. The summed E-state index contributed by atoms with van der Waals surface area (Å²) in [5.74, 6) is 2.64. The number of aromatic nitrogens is 1. The van der Waals surface area contributed by atoms with Crippen molar-refractivity contribution >= 4 is 17.3 Å². The molecule has 1 fully saturated rings. The second-order valence-electron chi connectivity index (χ2n) is 6.28. The van der Waals surface area contributed by atoms with Crippen LogP contribution in [0, 0.1) is 18.8 Å². The third-order valence-electron chi connectivity index (χ3n) is 4.23. The molecule has 118 valence electrons. The molecule has 0 spiro atoms. The normalized spacial score (nSPS) is 23.1. The van der Waals surface area contributed by atoms with E-state index in [9.17, 15) is 0 Å². The van der Waals surface area contributed by atoms with Gasteiger partial charge in [0.2, 0.25) is 0 Å². The van der Waals surface area contributed by atoms with Crippen molar-refractivity contribution in [2.24, 2.45) is 16.8 Å². The van der Waals surface area contributed by atoms with E-state index in [-0.39, 0.29) is 0 Å². The molecule has 2 atom stereocenters. The van der Waals surface area contributed by atoms with E-state index in [4.69, 9.17) is 0 Å². The number of rotatable bonds is 4. The molecule has 4 nitrogen and oxygen atoms in total. The topological polar surface area (TPSA) is 40.5 Å². The highest BCUT2D eigenvalue weighted by molar-refractivity contribution is 7.09. The van der Waals surface area contributed by atoms with Crippen molar-refractivity contribution in [3.05, 3.63) is 16.1 Å². The van der Waals surface area contributed by atoms with Gasteiger partial charge in [0.15, 0.2) is 5.96 Å². The lowest BCUT2D eigenvalue weighted by atomic mass is 9.82. The fourth-order valence-corrected chi connectivity index (χ4v) is 3.77. The molecule has 1 N–H and O–H groups in total. The Balaban J connectivity index is 1.81. The fourth-order valence-electron chi connectivity index (χ4n) is 3.16. The van der Waals surface area contributed by atoms with Gasteiger partial charge in [0.25, 0.3) is 0 Å². The molecule has 2 rings (SSSR count). The summed E-state index contributed by atoms with van der Waals surface area (Å²) in [6, 6.07) is 0. The highest BCUT2D eigenvalue weighted by Gasteiger charge is 2.19. The molecule has 21 heavy (non-hydrogen) atoms. The molecule has 0 amide bonds. The second kappa shape index (κ2) is 7.78. The van der Waals surface area contributed by atoms with Crippen molar-refractivity contribution in [1.29, 1.82) is 0 Å². The molecule has 1 saturated carbocycles. The standard InChI is InChI=1S/C16H28N4S/c1-12-6-5-7-14(8-12)9-18-16(17-3)20(4)10-15-11-21-13(2)19-15/h11-12,14H,5-10H2,1-4H3,(H,17,18). The zero-order valence-electron chi connectivity index (χ0n) is 13.7. The Morgan fingerprint density at radius 1 is 1.52 bits per heavy atom. The summed E-state index contributed by atoms with van der Waals surface area (Å²) in [5, 5.41) is 6.79. The molecule has 2 unspecified atom stereocenters. The monoisotopic (exact) mass is 308 g/mol. The molecule has 1 aromatic heterocycles. The van der Waals surface area contributed by atoms with Crippen molar-refractivity contribution in [3.63, 3.8) is 0 Å². The Hall–Kier alpha value is -1.10. The maximum absolute atomic E-state index is 4.52. The van der Waals surface area contributed by atoms with E-state index in [1.54, 1.807) is 11.3 Å². The first kappa shape index (κ1) is 16.3. The molecule has 5 heteroatoms. The average Bonchev–Trinajstić information content (AvgIpc) is 2.85. The Labute approximate surface area is 132 Å². The molecule has 0 aliphatic heterocycles. The fraction of sp³-hybridized carbons (Fsp3) is 0.750. The summed E-state index contributed by atoms with van der Waals surface area (Å²) >= 11 is 1.70. The van der Waals surface area contributed by atoms with Crippen LogP contribution in [0.25, 0.3) is 0 Å². The number of guanidine groups is 1. The van der Waals surface area contributed by atoms with Crippen LogP contribution in [0.2, 0.25) is 0 Å². The molecule has 0 radical (unpaired) electrons. The van der Waals surface area contributed by atoms with Gasteiger partial charge in [-0.05, 0) is 31.6 Å². The van der Waals surface area contributed by atoms with Gasteiger partial charge in [-0.1, -0.05) is 19.8 Å². The van der Waals surface area contributed by atoms with E-state index in [1.165, 1.54) is 25.7 Å². The van der Waals surface area contributed by atoms with Gasteiger partial charge < -0.3 is 10.2 Å². The van der Waals surface area contributed by atoms with Gasteiger partial charge in [-0.25, -0.2) is 4.98 Å². The minimum atomic E-state index is 0.792. The zero-order chi connectivity index (χ0) is 15.2. The molecular weight excluding hydrogens is 280 g/mol. The molecule has 0 bridgehead atoms. The Morgan fingerprint density at radius 3 is 2.95 bits per heavy atom. The first-order valence-electron chi connectivity index (χ1n) is 7.91.